The molecule has 9 nitrogen and oxygen atoms in total. The minimum Gasteiger partial charge on any atom is -0.493 e. The van der Waals surface area contributed by atoms with Crippen molar-refractivity contribution in [2.24, 2.45) is 16.7 Å². The van der Waals surface area contributed by atoms with Gasteiger partial charge in [-0.05, 0) is 79.3 Å². The van der Waals surface area contributed by atoms with Gasteiger partial charge >= 0.3 is 11.9 Å². The van der Waals surface area contributed by atoms with Crippen LogP contribution in [0.5, 0.6) is 11.5 Å². The zero-order valence-corrected chi connectivity index (χ0v) is 25.2. The number of nitrogens with zero attached hydrogens (tertiary/aromatic N) is 2. The lowest BCUT2D eigenvalue weighted by Gasteiger charge is -2.40. The van der Waals surface area contributed by atoms with Crippen molar-refractivity contribution in [1.82, 2.24) is 9.80 Å². The minimum absolute atomic E-state index is 0.176. The molecule has 2 unspecified atom stereocenters. The third kappa shape index (κ3) is 8.03. The molecule has 0 spiro atoms. The normalized spacial score (nSPS) is 23.4. The van der Waals surface area contributed by atoms with Crippen molar-refractivity contribution >= 4 is 17.8 Å². The molecule has 2 aromatic rings. The highest BCUT2D eigenvalue weighted by molar-refractivity contribution is 6.27. The Balaban J connectivity index is 0.000000612. The number of methoxy groups -OCH3 is 1. The summed E-state index contributed by atoms with van der Waals surface area (Å²) in [6.07, 6.45) is 5.49. The average molecular weight is 581 g/mol. The van der Waals surface area contributed by atoms with E-state index in [0.29, 0.717) is 29.4 Å². The van der Waals surface area contributed by atoms with Crippen molar-refractivity contribution in [1.29, 1.82) is 0 Å². The number of likely N-dealkylation sites (tertiary alicyclic amines) is 2. The summed E-state index contributed by atoms with van der Waals surface area (Å²) in [6.45, 7) is 11.4. The van der Waals surface area contributed by atoms with Crippen molar-refractivity contribution in [3.63, 3.8) is 0 Å². The molecule has 2 bridgehead atoms. The van der Waals surface area contributed by atoms with Crippen LogP contribution in [0, 0.1) is 16.7 Å². The van der Waals surface area contributed by atoms with Crippen molar-refractivity contribution < 1.29 is 34.1 Å². The van der Waals surface area contributed by atoms with Gasteiger partial charge in [0.2, 0.25) is 5.91 Å². The number of piperidine rings is 1. The minimum atomic E-state index is -1.82. The van der Waals surface area contributed by atoms with Gasteiger partial charge in [-0.1, -0.05) is 57.2 Å². The van der Waals surface area contributed by atoms with E-state index in [4.69, 9.17) is 29.3 Å². The highest BCUT2D eigenvalue weighted by atomic mass is 16.5. The largest absolute Gasteiger partial charge is 0.493 e. The molecule has 1 saturated carbocycles. The Kier molecular flexibility index (Phi) is 9.82. The third-order valence-electron chi connectivity index (χ3n) is 8.69. The zero-order valence-electron chi connectivity index (χ0n) is 25.2. The lowest BCUT2D eigenvalue weighted by atomic mass is 9.65. The van der Waals surface area contributed by atoms with Gasteiger partial charge in [0.25, 0.3) is 0 Å². The predicted molar refractivity (Wildman–Crippen MR) is 158 cm³/mol. The van der Waals surface area contributed by atoms with E-state index in [-0.39, 0.29) is 5.92 Å². The van der Waals surface area contributed by atoms with Crippen molar-refractivity contribution in [2.45, 2.75) is 72.1 Å². The molecular formula is C33H44N2O7. The van der Waals surface area contributed by atoms with Crippen LogP contribution in [0.3, 0.4) is 0 Å². The van der Waals surface area contributed by atoms with Crippen LogP contribution in [0.4, 0.5) is 0 Å². The van der Waals surface area contributed by atoms with Gasteiger partial charge in [-0.15, -0.1) is 0 Å². The van der Waals surface area contributed by atoms with E-state index >= 15 is 0 Å². The Morgan fingerprint density at radius 2 is 1.57 bits per heavy atom. The number of carboxylic acids is 2. The van der Waals surface area contributed by atoms with Gasteiger partial charge in [-0.2, -0.15) is 0 Å². The van der Waals surface area contributed by atoms with Gasteiger partial charge in [-0.25, -0.2) is 9.59 Å². The van der Waals surface area contributed by atoms with Crippen LogP contribution < -0.4 is 9.47 Å². The van der Waals surface area contributed by atoms with Gasteiger partial charge in [0.1, 0.15) is 6.61 Å². The number of carbonyl (C=O) groups excluding carboxylic acids is 1. The lowest BCUT2D eigenvalue weighted by Crippen LogP contribution is -2.44. The molecule has 1 aliphatic carbocycles. The van der Waals surface area contributed by atoms with E-state index < -0.39 is 11.9 Å². The number of hydrogen-bond acceptors (Lipinski definition) is 6. The zero-order chi connectivity index (χ0) is 30.5. The van der Waals surface area contributed by atoms with Crippen molar-refractivity contribution in [2.75, 3.05) is 26.7 Å². The summed E-state index contributed by atoms with van der Waals surface area (Å²) < 4.78 is 11.6. The molecule has 2 atom stereocenters. The summed E-state index contributed by atoms with van der Waals surface area (Å²) in [5.74, 6) is -1.52. The molecule has 2 saturated heterocycles. The van der Waals surface area contributed by atoms with Crippen LogP contribution in [0.2, 0.25) is 0 Å². The number of fused-ring (bicyclic) bond motifs is 2. The SMILES string of the molecule is COc1cc(CN2CCC(C(=O)N3CC4(C)CC3CC(C)(C)C4)CC2)ccc1OCc1ccccc1.O=C(O)C(=O)O. The Morgan fingerprint density at radius 1 is 0.905 bits per heavy atom. The van der Waals surface area contributed by atoms with Crippen LogP contribution in [-0.4, -0.2) is 70.6 Å². The van der Waals surface area contributed by atoms with Gasteiger partial charge in [-0.3, -0.25) is 9.69 Å². The van der Waals surface area contributed by atoms with E-state index in [9.17, 15) is 4.79 Å². The molecule has 2 N–H and O–H groups in total. The smallest absolute Gasteiger partial charge is 0.414 e. The molecule has 1 amide bonds. The fourth-order valence-corrected chi connectivity index (χ4v) is 7.21. The molecular weight excluding hydrogens is 536 g/mol. The second-order valence-corrected chi connectivity index (χ2v) is 13.1. The molecule has 0 radical (unpaired) electrons. The van der Waals surface area contributed by atoms with Crippen LogP contribution >= 0.6 is 0 Å². The summed E-state index contributed by atoms with van der Waals surface area (Å²) in [5.41, 5.74) is 3.00. The first kappa shape index (κ1) is 31.3. The maximum absolute atomic E-state index is 13.5. The number of carbonyl (C=O) groups is 3. The summed E-state index contributed by atoms with van der Waals surface area (Å²) in [6, 6.07) is 16.9. The topological polar surface area (TPSA) is 117 Å². The maximum atomic E-state index is 13.5. The van der Waals surface area contributed by atoms with E-state index in [1.165, 1.54) is 18.4 Å². The number of hydrogen-bond donors (Lipinski definition) is 2. The van der Waals surface area contributed by atoms with E-state index in [2.05, 4.69) is 54.8 Å². The summed E-state index contributed by atoms with van der Waals surface area (Å²) in [5, 5.41) is 14.8. The highest BCUT2D eigenvalue weighted by Crippen LogP contribution is 2.53. The first-order valence-corrected chi connectivity index (χ1v) is 14.7. The quantitative estimate of drug-likeness (QED) is 0.436. The average Bonchev–Trinajstić information content (AvgIpc) is 3.21. The Bertz CT molecular complexity index is 1240. The number of ether oxygens (including phenoxy) is 2. The number of benzene rings is 2. The van der Waals surface area contributed by atoms with Crippen molar-refractivity contribution in [3.8, 4) is 11.5 Å². The Hall–Kier alpha value is -3.59. The standard InChI is InChI=1S/C31H42N2O3.C2H2O4/c1-30(2)17-26-18-31(3,21-30)22-33(26)29(34)25-12-14-32(15-13-25)19-24-10-11-27(28(16-24)35-4)36-20-23-8-6-5-7-9-23;3-1(4)2(5)6/h5-11,16,25-26H,12-15,17-22H2,1-4H3;(H,3,4)(H,5,6). The summed E-state index contributed by atoms with van der Waals surface area (Å²) in [7, 11) is 1.69. The van der Waals surface area contributed by atoms with Gasteiger partial charge in [0, 0.05) is 25.0 Å². The number of rotatable bonds is 7. The van der Waals surface area contributed by atoms with Crippen molar-refractivity contribution in [3.05, 3.63) is 59.7 Å². The van der Waals surface area contributed by atoms with Gasteiger partial charge < -0.3 is 24.6 Å². The van der Waals surface area contributed by atoms with E-state index in [1.54, 1.807) is 7.11 Å². The molecule has 2 aromatic carbocycles. The molecule has 9 heteroatoms. The molecule has 2 heterocycles. The molecule has 3 fully saturated rings. The number of amides is 1. The second-order valence-electron chi connectivity index (χ2n) is 13.1. The Morgan fingerprint density at radius 3 is 2.19 bits per heavy atom. The molecule has 5 rings (SSSR count). The second kappa shape index (κ2) is 13.2. The van der Waals surface area contributed by atoms with E-state index in [1.807, 2.05) is 24.3 Å². The van der Waals surface area contributed by atoms with Crippen LogP contribution in [0.15, 0.2) is 48.5 Å². The maximum Gasteiger partial charge on any atom is 0.414 e. The lowest BCUT2D eigenvalue weighted by molar-refractivity contribution is -0.159. The molecule has 3 aliphatic rings. The van der Waals surface area contributed by atoms with E-state index in [0.717, 1.165) is 62.5 Å². The number of carboxylic acid groups (broad SMARTS) is 2. The highest BCUT2D eigenvalue weighted by Gasteiger charge is 2.51. The monoisotopic (exact) mass is 580 g/mol. The first-order chi connectivity index (χ1) is 19.9. The summed E-state index contributed by atoms with van der Waals surface area (Å²) >= 11 is 0. The fraction of sp³-hybridized carbons (Fsp3) is 0.545. The third-order valence-corrected chi connectivity index (χ3v) is 8.69. The molecule has 2 aliphatic heterocycles. The van der Waals surface area contributed by atoms with Gasteiger partial charge in [0.05, 0.1) is 7.11 Å². The Labute approximate surface area is 248 Å². The predicted octanol–water partition coefficient (Wildman–Crippen LogP) is 5.07. The number of aliphatic carboxylic acids is 2. The fourth-order valence-electron chi connectivity index (χ4n) is 7.21. The molecule has 0 aromatic heterocycles. The van der Waals surface area contributed by atoms with Crippen LogP contribution in [-0.2, 0) is 27.5 Å². The first-order valence-electron chi connectivity index (χ1n) is 14.7. The van der Waals surface area contributed by atoms with Gasteiger partial charge in [0.15, 0.2) is 11.5 Å². The summed E-state index contributed by atoms with van der Waals surface area (Å²) in [4.78, 5) is 36.5. The van der Waals surface area contributed by atoms with Crippen LogP contribution in [0.25, 0.3) is 0 Å². The molecule has 42 heavy (non-hydrogen) atoms. The van der Waals surface area contributed by atoms with Crippen LogP contribution in [0.1, 0.15) is 64.0 Å². The molecule has 228 valence electrons.